The lowest BCUT2D eigenvalue weighted by molar-refractivity contribution is -0.000378. The van der Waals surface area contributed by atoms with Gasteiger partial charge in [0.1, 0.15) is 11.5 Å². The summed E-state index contributed by atoms with van der Waals surface area (Å²) in [6, 6.07) is 6.69. The van der Waals surface area contributed by atoms with Gasteiger partial charge in [-0.3, -0.25) is 4.99 Å². The number of nitrogens with two attached hydrogens (primary N) is 1. The Morgan fingerprint density at radius 1 is 1.31 bits per heavy atom. The molecule has 1 saturated carbocycles. The molecule has 166 valence electrons. The molecule has 1 unspecified atom stereocenters. The fourth-order valence-electron chi connectivity index (χ4n) is 5.43. The van der Waals surface area contributed by atoms with Crippen molar-refractivity contribution in [3.63, 3.8) is 0 Å². The third-order valence-electron chi connectivity index (χ3n) is 7.24. The second kappa shape index (κ2) is 8.52. The Bertz CT molecular complexity index is 1100. The first-order valence-electron chi connectivity index (χ1n) is 11.3. The second-order valence-corrected chi connectivity index (χ2v) is 9.08. The maximum Gasteiger partial charge on any atom is 0.184 e. The van der Waals surface area contributed by atoms with Crippen LogP contribution in [0.5, 0.6) is 0 Å². The highest BCUT2D eigenvalue weighted by molar-refractivity contribution is 6.41. The molecule has 0 radical (unpaired) electrons. The van der Waals surface area contributed by atoms with E-state index in [0.717, 1.165) is 49.0 Å². The number of aliphatic imine (C=N–C) groups is 3. The molecule has 2 N–H and O–H groups in total. The molecule has 3 aliphatic rings. The predicted molar refractivity (Wildman–Crippen MR) is 133 cm³/mol. The van der Waals surface area contributed by atoms with Gasteiger partial charge >= 0.3 is 0 Å². The minimum absolute atomic E-state index is 0.0407. The summed E-state index contributed by atoms with van der Waals surface area (Å²) in [5.41, 5.74) is 11.8. The summed E-state index contributed by atoms with van der Waals surface area (Å²) >= 11 is 0. The van der Waals surface area contributed by atoms with Crippen LogP contribution in [0.4, 0.5) is 0 Å². The molecular formula is C27H32N4O. The Morgan fingerprint density at radius 2 is 2.06 bits per heavy atom. The molecule has 0 aromatic heterocycles. The average Bonchev–Trinajstić information content (AvgIpc) is 3.22. The second-order valence-electron chi connectivity index (χ2n) is 9.08. The van der Waals surface area contributed by atoms with Crippen molar-refractivity contribution in [1.29, 1.82) is 0 Å². The van der Waals surface area contributed by atoms with Crippen molar-refractivity contribution in [2.75, 3.05) is 7.11 Å². The smallest absolute Gasteiger partial charge is 0.184 e. The molecule has 1 fully saturated rings. The van der Waals surface area contributed by atoms with Gasteiger partial charge in [0.15, 0.2) is 5.66 Å². The van der Waals surface area contributed by atoms with Crippen LogP contribution in [0.1, 0.15) is 63.1 Å². The Labute approximate surface area is 191 Å². The molecule has 2 aliphatic carbocycles. The molecule has 5 heteroatoms. The summed E-state index contributed by atoms with van der Waals surface area (Å²) in [5, 5.41) is 0. The average molecular weight is 429 g/mol. The number of amidine groups is 1. The highest BCUT2D eigenvalue weighted by Crippen LogP contribution is 2.61. The van der Waals surface area contributed by atoms with Crippen molar-refractivity contribution >= 4 is 23.3 Å². The van der Waals surface area contributed by atoms with Crippen LogP contribution < -0.4 is 5.73 Å². The molecule has 1 aromatic rings. The topological polar surface area (TPSA) is 72.3 Å². The van der Waals surface area contributed by atoms with Gasteiger partial charge in [-0.2, -0.15) is 0 Å². The van der Waals surface area contributed by atoms with E-state index in [2.05, 4.69) is 48.5 Å². The minimum Gasteiger partial charge on any atom is -0.382 e. The van der Waals surface area contributed by atoms with E-state index in [-0.39, 0.29) is 5.41 Å². The van der Waals surface area contributed by atoms with Crippen LogP contribution in [0.3, 0.4) is 0 Å². The number of rotatable bonds is 4. The molecule has 1 aromatic carbocycles. The largest absolute Gasteiger partial charge is 0.382 e. The van der Waals surface area contributed by atoms with E-state index in [9.17, 15) is 0 Å². The van der Waals surface area contributed by atoms with Gasteiger partial charge in [0.05, 0.1) is 11.8 Å². The lowest BCUT2D eigenvalue weighted by Gasteiger charge is -2.44. The number of hydrogen-bond acceptors (Lipinski definition) is 5. The molecule has 32 heavy (non-hydrogen) atoms. The first-order chi connectivity index (χ1) is 15.3. The molecule has 5 nitrogen and oxygen atoms in total. The number of nitrogens with zero attached hydrogens (tertiary/aromatic N) is 3. The summed E-state index contributed by atoms with van der Waals surface area (Å²) in [6.07, 6.45) is 9.18. The highest BCUT2D eigenvalue weighted by Gasteiger charge is 2.60. The van der Waals surface area contributed by atoms with E-state index < -0.39 is 5.66 Å². The van der Waals surface area contributed by atoms with Crippen LogP contribution in [0.25, 0.3) is 5.57 Å². The Balaban J connectivity index is 1.73. The number of methoxy groups -OCH3 is 1. The molecule has 2 spiro atoms. The van der Waals surface area contributed by atoms with Gasteiger partial charge in [-0.25, -0.2) is 9.98 Å². The number of allylic oxidation sites excluding steroid dienone is 3. The zero-order valence-corrected chi connectivity index (χ0v) is 19.5. The van der Waals surface area contributed by atoms with Crippen molar-refractivity contribution in [2.45, 2.75) is 64.6 Å². The Morgan fingerprint density at radius 3 is 2.69 bits per heavy atom. The third-order valence-corrected chi connectivity index (χ3v) is 7.24. The monoisotopic (exact) mass is 428 g/mol. The van der Waals surface area contributed by atoms with E-state index >= 15 is 0 Å². The summed E-state index contributed by atoms with van der Waals surface area (Å²) in [6.45, 7) is 9.67. The normalized spacial score (nSPS) is 29.1. The summed E-state index contributed by atoms with van der Waals surface area (Å²) < 4.78 is 5.65. The summed E-state index contributed by atoms with van der Waals surface area (Å²) in [7, 11) is 1.81. The van der Waals surface area contributed by atoms with Crippen LogP contribution in [-0.4, -0.2) is 31.0 Å². The van der Waals surface area contributed by atoms with Gasteiger partial charge < -0.3 is 10.5 Å². The lowest BCUT2D eigenvalue weighted by Crippen LogP contribution is -2.43. The summed E-state index contributed by atoms with van der Waals surface area (Å²) in [4.78, 5) is 14.5. The summed E-state index contributed by atoms with van der Waals surface area (Å²) in [5.74, 6) is 6.22. The SMILES string of the molecule is C=C(C#CC)/N=C\C=C(/C)c1ccc2c(c1)C1(N=C(C)C(N)=N1)[C@]1(CC[C@H](OC)CC1)C2. The van der Waals surface area contributed by atoms with Crippen molar-refractivity contribution in [1.82, 2.24) is 0 Å². The molecule has 0 bridgehead atoms. The van der Waals surface area contributed by atoms with Crippen LogP contribution in [0.2, 0.25) is 0 Å². The predicted octanol–water partition coefficient (Wildman–Crippen LogP) is 4.81. The van der Waals surface area contributed by atoms with Gasteiger partial charge in [-0.1, -0.05) is 24.6 Å². The van der Waals surface area contributed by atoms with E-state index in [4.69, 9.17) is 20.5 Å². The van der Waals surface area contributed by atoms with E-state index in [1.165, 1.54) is 11.1 Å². The molecule has 0 amide bonds. The quantitative estimate of drug-likeness (QED) is 0.552. The van der Waals surface area contributed by atoms with Crippen molar-refractivity contribution in [2.24, 2.45) is 26.1 Å². The van der Waals surface area contributed by atoms with E-state index in [1.807, 2.05) is 20.1 Å². The Hall–Kier alpha value is -2.97. The van der Waals surface area contributed by atoms with Crippen molar-refractivity contribution in [3.8, 4) is 11.8 Å². The van der Waals surface area contributed by atoms with Crippen LogP contribution in [0, 0.1) is 17.3 Å². The zero-order valence-electron chi connectivity index (χ0n) is 19.5. The fraction of sp³-hybridized carbons (Fsp3) is 0.444. The Kier molecular flexibility index (Phi) is 5.92. The van der Waals surface area contributed by atoms with E-state index in [1.54, 1.807) is 13.1 Å². The maximum atomic E-state index is 6.30. The highest BCUT2D eigenvalue weighted by atomic mass is 16.5. The van der Waals surface area contributed by atoms with Gasteiger partial charge in [0.25, 0.3) is 0 Å². The number of hydrogen-bond donors (Lipinski definition) is 1. The van der Waals surface area contributed by atoms with Crippen molar-refractivity contribution < 1.29 is 4.74 Å². The van der Waals surface area contributed by atoms with Gasteiger partial charge in [0.2, 0.25) is 0 Å². The fourth-order valence-corrected chi connectivity index (χ4v) is 5.43. The number of fused-ring (bicyclic) bond motifs is 3. The van der Waals surface area contributed by atoms with Crippen LogP contribution in [-0.2, 0) is 16.8 Å². The van der Waals surface area contributed by atoms with Crippen LogP contribution in [0.15, 0.2) is 51.5 Å². The molecule has 1 heterocycles. The standard InChI is InChI=1S/C27H32N4O/c1-6-7-19(3)29-15-12-18(2)21-8-9-22-17-26(13-10-23(32-5)11-14-26)27(24(22)16-21)30-20(4)25(28)31-27/h8-9,12,15-16,23H,3,10-11,13-14,17H2,1-2,4-5H3,(H2,28,31)/b18-12+,29-15-/t23-,26-,27?. The van der Waals surface area contributed by atoms with Gasteiger partial charge in [0, 0.05) is 24.3 Å². The molecule has 4 rings (SSSR count). The first-order valence-corrected chi connectivity index (χ1v) is 11.3. The van der Waals surface area contributed by atoms with E-state index in [0.29, 0.717) is 17.6 Å². The third kappa shape index (κ3) is 3.63. The lowest BCUT2D eigenvalue weighted by atomic mass is 9.65. The molecule has 0 saturated heterocycles. The van der Waals surface area contributed by atoms with Gasteiger partial charge in [-0.15, -0.1) is 0 Å². The molecule has 1 aliphatic heterocycles. The first kappa shape index (κ1) is 22.2. The number of ether oxygens (including phenoxy) is 1. The maximum absolute atomic E-state index is 6.30. The van der Waals surface area contributed by atoms with Crippen molar-refractivity contribution in [3.05, 3.63) is 53.2 Å². The minimum atomic E-state index is -0.620. The van der Waals surface area contributed by atoms with Crippen LogP contribution >= 0.6 is 0 Å². The molecule has 1 atom stereocenters. The zero-order chi connectivity index (χ0) is 22.9. The number of benzene rings is 1. The molecular weight excluding hydrogens is 396 g/mol. The van der Waals surface area contributed by atoms with Gasteiger partial charge in [-0.05, 0) is 87.6 Å².